The van der Waals surface area contributed by atoms with Crippen LogP contribution in [0.3, 0.4) is 0 Å². The minimum atomic E-state index is -0.234. The monoisotopic (exact) mass is 226 g/mol. The van der Waals surface area contributed by atoms with Gasteiger partial charge in [0.05, 0.1) is 16.9 Å². The van der Waals surface area contributed by atoms with Crippen molar-refractivity contribution in [2.45, 2.75) is 6.92 Å². The SMILES string of the molecule is Cc1nn(-c2ccc(F)cc2)c2ccccc12. The molecule has 0 radical (unpaired) electrons. The van der Waals surface area contributed by atoms with Crippen LogP contribution >= 0.6 is 0 Å². The lowest BCUT2D eigenvalue weighted by atomic mass is 10.2. The first-order valence-corrected chi connectivity index (χ1v) is 5.46. The Bertz CT molecular complexity index is 668. The van der Waals surface area contributed by atoms with E-state index < -0.39 is 0 Å². The van der Waals surface area contributed by atoms with Gasteiger partial charge in [-0.1, -0.05) is 18.2 Å². The molecular formula is C14H11FN2. The van der Waals surface area contributed by atoms with Gasteiger partial charge in [0.2, 0.25) is 0 Å². The molecule has 3 rings (SSSR count). The summed E-state index contributed by atoms with van der Waals surface area (Å²) in [5.41, 5.74) is 2.89. The maximum atomic E-state index is 12.9. The number of benzene rings is 2. The Hall–Kier alpha value is -2.16. The second-order valence-electron chi connectivity index (χ2n) is 3.99. The molecule has 0 atom stereocenters. The van der Waals surface area contributed by atoms with Crippen molar-refractivity contribution in [3.05, 3.63) is 60.0 Å². The van der Waals surface area contributed by atoms with E-state index in [1.54, 1.807) is 12.1 Å². The van der Waals surface area contributed by atoms with Gasteiger partial charge < -0.3 is 0 Å². The van der Waals surface area contributed by atoms with Crippen molar-refractivity contribution in [1.29, 1.82) is 0 Å². The number of rotatable bonds is 1. The number of para-hydroxylation sites is 1. The standard InChI is InChI=1S/C14H11FN2/c1-10-13-4-2-3-5-14(13)17(16-10)12-8-6-11(15)7-9-12/h2-9H,1H3. The molecule has 17 heavy (non-hydrogen) atoms. The second kappa shape index (κ2) is 3.70. The van der Waals surface area contributed by atoms with E-state index in [0.717, 1.165) is 22.3 Å². The molecular weight excluding hydrogens is 215 g/mol. The first-order chi connectivity index (χ1) is 8.25. The predicted octanol–water partition coefficient (Wildman–Crippen LogP) is 3.47. The van der Waals surface area contributed by atoms with Gasteiger partial charge in [-0.05, 0) is 37.3 Å². The zero-order chi connectivity index (χ0) is 11.8. The van der Waals surface area contributed by atoms with Gasteiger partial charge in [-0.3, -0.25) is 0 Å². The van der Waals surface area contributed by atoms with Crippen LogP contribution in [0.1, 0.15) is 5.69 Å². The highest BCUT2D eigenvalue weighted by atomic mass is 19.1. The van der Waals surface area contributed by atoms with E-state index in [-0.39, 0.29) is 5.82 Å². The van der Waals surface area contributed by atoms with Crippen molar-refractivity contribution in [2.24, 2.45) is 0 Å². The van der Waals surface area contributed by atoms with Crippen molar-refractivity contribution in [3.8, 4) is 5.69 Å². The summed E-state index contributed by atoms with van der Waals surface area (Å²) < 4.78 is 14.7. The third-order valence-electron chi connectivity index (χ3n) is 2.84. The average molecular weight is 226 g/mol. The maximum absolute atomic E-state index is 12.9. The highest BCUT2D eigenvalue weighted by Crippen LogP contribution is 2.21. The van der Waals surface area contributed by atoms with E-state index in [4.69, 9.17) is 0 Å². The van der Waals surface area contributed by atoms with E-state index in [2.05, 4.69) is 5.10 Å². The summed E-state index contributed by atoms with van der Waals surface area (Å²) in [5.74, 6) is -0.234. The Morgan fingerprint density at radius 3 is 2.47 bits per heavy atom. The molecule has 0 fully saturated rings. The highest BCUT2D eigenvalue weighted by molar-refractivity contribution is 5.83. The molecule has 2 nitrogen and oxygen atoms in total. The maximum Gasteiger partial charge on any atom is 0.123 e. The molecule has 0 aliphatic rings. The number of aryl methyl sites for hydroxylation is 1. The molecule has 0 aliphatic carbocycles. The molecule has 84 valence electrons. The number of nitrogens with zero attached hydrogens (tertiary/aromatic N) is 2. The Kier molecular flexibility index (Phi) is 2.18. The Labute approximate surface area is 98.3 Å². The van der Waals surface area contributed by atoms with Gasteiger partial charge in [0.15, 0.2) is 0 Å². The zero-order valence-corrected chi connectivity index (χ0v) is 9.39. The molecule has 3 heteroatoms. The highest BCUT2D eigenvalue weighted by Gasteiger charge is 2.07. The van der Waals surface area contributed by atoms with Gasteiger partial charge in [-0.15, -0.1) is 0 Å². The summed E-state index contributed by atoms with van der Waals surface area (Å²) in [6.45, 7) is 1.97. The van der Waals surface area contributed by atoms with Gasteiger partial charge in [-0.2, -0.15) is 5.10 Å². The van der Waals surface area contributed by atoms with Crippen molar-refractivity contribution >= 4 is 10.9 Å². The smallest absolute Gasteiger partial charge is 0.123 e. The molecule has 0 saturated carbocycles. The van der Waals surface area contributed by atoms with Crippen LogP contribution in [-0.4, -0.2) is 9.78 Å². The molecule has 2 aromatic carbocycles. The lowest BCUT2D eigenvalue weighted by Crippen LogP contribution is -1.96. The summed E-state index contributed by atoms with van der Waals surface area (Å²) in [4.78, 5) is 0. The number of hydrogen-bond donors (Lipinski definition) is 0. The Morgan fingerprint density at radius 1 is 1.00 bits per heavy atom. The van der Waals surface area contributed by atoms with Gasteiger partial charge in [0.25, 0.3) is 0 Å². The largest absolute Gasteiger partial charge is 0.233 e. The second-order valence-corrected chi connectivity index (χ2v) is 3.99. The molecule has 0 amide bonds. The van der Waals surface area contributed by atoms with Crippen molar-refractivity contribution in [2.75, 3.05) is 0 Å². The van der Waals surface area contributed by atoms with Crippen LogP contribution in [0, 0.1) is 12.7 Å². The lowest BCUT2D eigenvalue weighted by Gasteiger charge is -2.02. The summed E-state index contributed by atoms with van der Waals surface area (Å²) in [5, 5.41) is 5.61. The first-order valence-electron chi connectivity index (χ1n) is 5.46. The Morgan fingerprint density at radius 2 is 1.71 bits per heavy atom. The summed E-state index contributed by atoms with van der Waals surface area (Å²) in [7, 11) is 0. The molecule has 0 spiro atoms. The summed E-state index contributed by atoms with van der Waals surface area (Å²) >= 11 is 0. The molecule has 0 N–H and O–H groups in total. The first kappa shape index (κ1) is 10.0. The number of aromatic nitrogens is 2. The van der Waals surface area contributed by atoms with Crippen LogP contribution in [0.15, 0.2) is 48.5 Å². The minimum absolute atomic E-state index is 0.234. The minimum Gasteiger partial charge on any atom is -0.233 e. The van der Waals surface area contributed by atoms with Crippen molar-refractivity contribution in [1.82, 2.24) is 9.78 Å². The summed E-state index contributed by atoms with van der Waals surface area (Å²) in [6.07, 6.45) is 0. The third kappa shape index (κ3) is 1.60. The van der Waals surface area contributed by atoms with E-state index in [0.29, 0.717) is 0 Å². The van der Waals surface area contributed by atoms with Crippen LogP contribution in [0.2, 0.25) is 0 Å². The number of fused-ring (bicyclic) bond motifs is 1. The van der Waals surface area contributed by atoms with Crippen LogP contribution in [0.4, 0.5) is 4.39 Å². The van der Waals surface area contributed by atoms with Crippen LogP contribution in [0.5, 0.6) is 0 Å². The fourth-order valence-corrected chi connectivity index (χ4v) is 2.00. The van der Waals surface area contributed by atoms with Crippen LogP contribution in [0.25, 0.3) is 16.6 Å². The van der Waals surface area contributed by atoms with E-state index in [1.807, 2.05) is 35.9 Å². The number of halogens is 1. The van der Waals surface area contributed by atoms with E-state index in [1.165, 1.54) is 12.1 Å². The van der Waals surface area contributed by atoms with Crippen molar-refractivity contribution < 1.29 is 4.39 Å². The van der Waals surface area contributed by atoms with E-state index in [9.17, 15) is 4.39 Å². The quantitative estimate of drug-likeness (QED) is 0.621. The molecule has 1 heterocycles. The molecule has 0 bridgehead atoms. The summed E-state index contributed by atoms with van der Waals surface area (Å²) in [6, 6.07) is 14.4. The lowest BCUT2D eigenvalue weighted by molar-refractivity contribution is 0.627. The molecule has 3 aromatic rings. The predicted molar refractivity (Wildman–Crippen MR) is 65.8 cm³/mol. The molecule has 0 unspecified atom stereocenters. The third-order valence-corrected chi connectivity index (χ3v) is 2.84. The van der Waals surface area contributed by atoms with Crippen LogP contribution in [-0.2, 0) is 0 Å². The normalized spacial score (nSPS) is 10.9. The van der Waals surface area contributed by atoms with Gasteiger partial charge >= 0.3 is 0 Å². The molecule has 0 saturated heterocycles. The Balaban J connectivity index is 2.27. The van der Waals surface area contributed by atoms with Crippen LogP contribution < -0.4 is 0 Å². The van der Waals surface area contributed by atoms with Gasteiger partial charge in [0.1, 0.15) is 5.82 Å². The zero-order valence-electron chi connectivity index (χ0n) is 9.39. The van der Waals surface area contributed by atoms with Crippen molar-refractivity contribution in [3.63, 3.8) is 0 Å². The fraction of sp³-hybridized carbons (Fsp3) is 0.0714. The number of hydrogen-bond acceptors (Lipinski definition) is 1. The fourth-order valence-electron chi connectivity index (χ4n) is 2.00. The average Bonchev–Trinajstić information content (AvgIpc) is 2.69. The van der Waals surface area contributed by atoms with Gasteiger partial charge in [0, 0.05) is 5.39 Å². The van der Waals surface area contributed by atoms with Gasteiger partial charge in [-0.25, -0.2) is 9.07 Å². The molecule has 1 aromatic heterocycles. The molecule has 0 aliphatic heterocycles. The topological polar surface area (TPSA) is 17.8 Å². The van der Waals surface area contributed by atoms with E-state index >= 15 is 0 Å².